The van der Waals surface area contributed by atoms with Crippen LogP contribution in [0.4, 0.5) is 0 Å². The average Bonchev–Trinajstić information content (AvgIpc) is 2.97. The molecule has 0 bridgehead atoms. The highest BCUT2D eigenvalue weighted by Crippen LogP contribution is 2.20. The number of ether oxygens (including phenoxy) is 1. The molecule has 3 N–H and O–H groups in total. The van der Waals surface area contributed by atoms with Gasteiger partial charge in [-0.2, -0.15) is 0 Å². The molecule has 0 aliphatic heterocycles. The van der Waals surface area contributed by atoms with Gasteiger partial charge in [0, 0.05) is 12.8 Å². The zero-order valence-electron chi connectivity index (χ0n) is 64.4. The number of hydrogen-bond acceptors (Lipinski definition) is 5. The maximum Gasteiger partial charge on any atom is 0.305 e. The summed E-state index contributed by atoms with van der Waals surface area (Å²) < 4.78 is 5.51. The number of allylic oxidation sites excluding steroid dienone is 8. The van der Waals surface area contributed by atoms with Crippen molar-refractivity contribution in [3.05, 3.63) is 48.6 Å². The van der Waals surface area contributed by atoms with Crippen molar-refractivity contribution in [3.8, 4) is 0 Å². The van der Waals surface area contributed by atoms with Crippen molar-refractivity contribution >= 4 is 11.9 Å². The molecule has 0 fully saturated rings. The molecule has 0 aliphatic rings. The van der Waals surface area contributed by atoms with E-state index in [1.807, 2.05) is 0 Å². The van der Waals surface area contributed by atoms with Crippen molar-refractivity contribution in [2.24, 2.45) is 0 Å². The second-order valence-electron chi connectivity index (χ2n) is 29.9. The molecule has 2 atom stereocenters. The van der Waals surface area contributed by atoms with Crippen molar-refractivity contribution in [1.29, 1.82) is 0 Å². The summed E-state index contributed by atoms with van der Waals surface area (Å²) in [6.45, 7) is 4.98. The lowest BCUT2D eigenvalue weighted by Gasteiger charge is -2.22. The lowest BCUT2D eigenvalue weighted by molar-refractivity contribution is -0.143. The second kappa shape index (κ2) is 84.2. The van der Waals surface area contributed by atoms with Crippen molar-refractivity contribution < 1.29 is 24.5 Å². The molecule has 0 saturated heterocycles. The average molecular weight is 1330 g/mol. The summed E-state index contributed by atoms with van der Waals surface area (Å²) in [5, 5.41) is 23.5. The van der Waals surface area contributed by atoms with Crippen LogP contribution in [0.1, 0.15) is 483 Å². The largest absolute Gasteiger partial charge is 0.466 e. The maximum absolute atomic E-state index is 12.6. The number of aliphatic hydroxyl groups excluding tert-OH is 2. The van der Waals surface area contributed by atoms with Crippen LogP contribution in [-0.2, 0) is 14.3 Å². The third-order valence-electron chi connectivity index (χ3n) is 20.4. The number of rotatable bonds is 82. The van der Waals surface area contributed by atoms with E-state index in [1.54, 1.807) is 0 Å². The molecule has 95 heavy (non-hydrogen) atoms. The normalized spacial score (nSPS) is 12.7. The molecule has 6 nitrogen and oxygen atoms in total. The maximum atomic E-state index is 12.6. The van der Waals surface area contributed by atoms with Crippen molar-refractivity contribution in [3.63, 3.8) is 0 Å². The monoisotopic (exact) mass is 1330 g/mol. The SMILES string of the molecule is CCCCC/C=C\C/C=C\CCCCCCCCCC(=O)OCCCCCCCCCCCCCCC/C=C\C/C=C\CCCCCCCCCCCCCCCCCCCC(=O)NC(CO)C(O)CCCCCCCCCCCCCCCCCCCCCCCCCC. The lowest BCUT2D eigenvalue weighted by atomic mass is 10.0. The number of esters is 1. The molecule has 0 rings (SSSR count). The molecule has 1 amide bonds. The quantitative estimate of drug-likeness (QED) is 0.0320. The molecule has 0 aliphatic carbocycles. The first kappa shape index (κ1) is 92.8. The predicted octanol–water partition coefficient (Wildman–Crippen LogP) is 29.1. The van der Waals surface area contributed by atoms with E-state index in [-0.39, 0.29) is 18.5 Å². The van der Waals surface area contributed by atoms with Gasteiger partial charge >= 0.3 is 5.97 Å². The molecule has 0 aromatic carbocycles. The summed E-state index contributed by atoms with van der Waals surface area (Å²) in [4.78, 5) is 24.7. The topological polar surface area (TPSA) is 95.9 Å². The number of unbranched alkanes of at least 4 members (excludes halogenated alkanes) is 63. The molecule has 6 heteroatoms. The highest BCUT2D eigenvalue weighted by atomic mass is 16.5. The van der Waals surface area contributed by atoms with Crippen LogP contribution in [0.25, 0.3) is 0 Å². The lowest BCUT2D eigenvalue weighted by Crippen LogP contribution is -2.45. The molecule has 0 saturated carbocycles. The minimum Gasteiger partial charge on any atom is -0.466 e. The Morgan fingerprint density at radius 1 is 0.295 bits per heavy atom. The summed E-state index contributed by atoms with van der Waals surface area (Å²) in [6, 6.07) is -0.542. The fourth-order valence-corrected chi connectivity index (χ4v) is 13.8. The van der Waals surface area contributed by atoms with E-state index in [2.05, 4.69) is 67.8 Å². The predicted molar refractivity (Wildman–Crippen MR) is 421 cm³/mol. The number of carbonyl (C=O) groups is 2. The molecule has 0 heterocycles. The van der Waals surface area contributed by atoms with Crippen LogP contribution in [0.2, 0.25) is 0 Å². The third kappa shape index (κ3) is 80.7. The van der Waals surface area contributed by atoms with Crippen LogP contribution in [0.5, 0.6) is 0 Å². The molecule has 560 valence electrons. The first-order chi connectivity index (χ1) is 47.0. The van der Waals surface area contributed by atoms with Gasteiger partial charge < -0.3 is 20.3 Å². The number of aliphatic hydroxyl groups is 2. The van der Waals surface area contributed by atoms with Gasteiger partial charge in [0.25, 0.3) is 0 Å². The van der Waals surface area contributed by atoms with Gasteiger partial charge in [0.05, 0.1) is 25.4 Å². The van der Waals surface area contributed by atoms with Gasteiger partial charge in [0.15, 0.2) is 0 Å². The van der Waals surface area contributed by atoms with E-state index in [0.717, 1.165) is 57.8 Å². The highest BCUT2D eigenvalue weighted by Gasteiger charge is 2.20. The third-order valence-corrected chi connectivity index (χ3v) is 20.4. The Morgan fingerprint density at radius 3 is 0.821 bits per heavy atom. The van der Waals surface area contributed by atoms with Crippen molar-refractivity contribution in [1.82, 2.24) is 5.32 Å². The second-order valence-corrected chi connectivity index (χ2v) is 29.9. The zero-order chi connectivity index (χ0) is 68.4. The van der Waals surface area contributed by atoms with Gasteiger partial charge in [-0.3, -0.25) is 9.59 Å². The van der Waals surface area contributed by atoms with Crippen LogP contribution in [0.3, 0.4) is 0 Å². The fraction of sp³-hybridized carbons (Fsp3) is 0.888. The van der Waals surface area contributed by atoms with E-state index >= 15 is 0 Å². The van der Waals surface area contributed by atoms with Gasteiger partial charge in [-0.25, -0.2) is 0 Å². The minimum absolute atomic E-state index is 0.0117. The van der Waals surface area contributed by atoms with E-state index < -0.39 is 12.1 Å². The molecular formula is C89H169NO5. The summed E-state index contributed by atoms with van der Waals surface area (Å²) in [6.07, 6.45) is 112. The van der Waals surface area contributed by atoms with E-state index in [4.69, 9.17) is 4.74 Å². The Bertz CT molecular complexity index is 1590. The Kier molecular flexibility index (Phi) is 82.3. The van der Waals surface area contributed by atoms with Crippen LogP contribution >= 0.6 is 0 Å². The standard InChI is InChI=1S/C89H169NO5/c1-3-5-7-9-11-13-15-17-19-21-22-23-24-40-43-46-50-53-57-61-65-69-73-77-81-87(92)86(85-91)90-88(93)82-78-74-70-66-62-58-54-51-47-44-41-38-36-34-32-30-28-26-25-27-29-31-33-35-37-39-42-45-48-52-56-60-64-68-72-76-80-84-95-89(94)83-79-75-71-67-63-59-55-49-20-18-16-14-12-10-8-6-4-2/h12,14,18,20,25,27,31,33,86-87,91-92H,3-11,13,15-17,19,21-24,26,28-30,32,34-85H2,1-2H3,(H,90,93)/b14-12-,20-18-,27-25-,33-31-. The number of carbonyl (C=O) groups excluding carboxylic acids is 2. The van der Waals surface area contributed by atoms with Crippen molar-refractivity contribution in [2.45, 2.75) is 495 Å². The van der Waals surface area contributed by atoms with E-state index in [9.17, 15) is 19.8 Å². The summed E-state index contributed by atoms with van der Waals surface area (Å²) >= 11 is 0. The van der Waals surface area contributed by atoms with Gasteiger partial charge in [0.2, 0.25) is 5.91 Å². The highest BCUT2D eigenvalue weighted by molar-refractivity contribution is 5.76. The molecule has 0 radical (unpaired) electrons. The van der Waals surface area contributed by atoms with Gasteiger partial charge in [-0.05, 0) is 89.9 Å². The summed E-state index contributed by atoms with van der Waals surface area (Å²) in [5.41, 5.74) is 0. The summed E-state index contributed by atoms with van der Waals surface area (Å²) in [7, 11) is 0. The molecule has 0 spiro atoms. The first-order valence-corrected chi connectivity index (χ1v) is 43.4. The number of amides is 1. The van der Waals surface area contributed by atoms with Crippen LogP contribution in [-0.4, -0.2) is 47.4 Å². The van der Waals surface area contributed by atoms with Gasteiger partial charge in [0.1, 0.15) is 0 Å². The Morgan fingerprint density at radius 2 is 0.526 bits per heavy atom. The molecule has 0 aromatic rings. The Hall–Kier alpha value is -2.18. The minimum atomic E-state index is -0.665. The van der Waals surface area contributed by atoms with Crippen LogP contribution < -0.4 is 5.32 Å². The van der Waals surface area contributed by atoms with Crippen molar-refractivity contribution in [2.75, 3.05) is 13.2 Å². The van der Waals surface area contributed by atoms with Crippen LogP contribution in [0.15, 0.2) is 48.6 Å². The van der Waals surface area contributed by atoms with Gasteiger partial charge in [-0.15, -0.1) is 0 Å². The van der Waals surface area contributed by atoms with Crippen LogP contribution in [0, 0.1) is 0 Å². The zero-order valence-corrected chi connectivity index (χ0v) is 64.4. The molecule has 2 unspecified atom stereocenters. The molecular weight excluding hydrogens is 1160 g/mol. The smallest absolute Gasteiger partial charge is 0.305 e. The Labute approximate surface area is 595 Å². The van der Waals surface area contributed by atoms with E-state index in [0.29, 0.717) is 25.9 Å². The number of hydrogen-bond donors (Lipinski definition) is 3. The summed E-state index contributed by atoms with van der Waals surface area (Å²) in [5.74, 6) is -0.0149. The van der Waals surface area contributed by atoms with E-state index in [1.165, 1.54) is 392 Å². The number of nitrogens with one attached hydrogen (secondary N) is 1. The first-order valence-electron chi connectivity index (χ1n) is 43.4. The Balaban J connectivity index is 3.36. The molecule has 0 aromatic heterocycles. The van der Waals surface area contributed by atoms with Gasteiger partial charge in [-0.1, -0.05) is 428 Å². The fourth-order valence-electron chi connectivity index (χ4n) is 13.8.